The minimum Gasteiger partial charge on any atom is -0.481 e. The molecule has 0 bridgehead atoms. The molecular weight excluding hydrogens is 324 g/mol. The third-order valence-electron chi connectivity index (χ3n) is 3.68. The highest BCUT2D eigenvalue weighted by atomic mass is 79.9. The molecule has 1 fully saturated rings. The molecule has 6 heteroatoms. The molecule has 1 aliphatic carbocycles. The van der Waals surface area contributed by atoms with Gasteiger partial charge in [-0.1, -0.05) is 15.9 Å². The number of anilines is 1. The number of carbonyl (C=O) groups excluding carboxylic acids is 1. The number of benzene rings is 1. The predicted molar refractivity (Wildman–Crippen MR) is 79.7 cm³/mol. The van der Waals surface area contributed by atoms with E-state index < -0.39 is 11.9 Å². The van der Waals surface area contributed by atoms with Crippen molar-refractivity contribution in [3.63, 3.8) is 0 Å². The molecule has 0 aliphatic heterocycles. The Hall–Kier alpha value is -1.56. The number of hydrogen-bond donors (Lipinski definition) is 3. The van der Waals surface area contributed by atoms with Crippen LogP contribution in [0.2, 0.25) is 0 Å². The molecule has 0 saturated heterocycles. The first-order valence-electron chi connectivity index (χ1n) is 6.56. The molecule has 0 heterocycles. The van der Waals surface area contributed by atoms with Gasteiger partial charge in [0.2, 0.25) is 0 Å². The fraction of sp³-hybridized carbons (Fsp3) is 0.429. The minimum absolute atomic E-state index is 0.179. The van der Waals surface area contributed by atoms with Gasteiger partial charge in [0.1, 0.15) is 0 Å². The molecule has 108 valence electrons. The molecule has 1 amide bonds. The Morgan fingerprint density at radius 3 is 2.45 bits per heavy atom. The Kier molecular flexibility index (Phi) is 4.65. The molecule has 5 nitrogen and oxygen atoms in total. The van der Waals surface area contributed by atoms with E-state index in [4.69, 9.17) is 10.8 Å². The van der Waals surface area contributed by atoms with Gasteiger partial charge in [-0.3, -0.25) is 9.59 Å². The quantitative estimate of drug-likeness (QED) is 0.785. The fourth-order valence-electron chi connectivity index (χ4n) is 2.56. The summed E-state index contributed by atoms with van der Waals surface area (Å²) in [4.78, 5) is 22.3. The van der Waals surface area contributed by atoms with Crippen LogP contribution in [0.25, 0.3) is 0 Å². The smallest absolute Gasteiger partial charge is 0.306 e. The average molecular weight is 341 g/mol. The summed E-state index contributed by atoms with van der Waals surface area (Å²) in [5.74, 6) is -1.44. The van der Waals surface area contributed by atoms with E-state index in [1.54, 1.807) is 12.1 Å². The van der Waals surface area contributed by atoms with Gasteiger partial charge in [0, 0.05) is 16.2 Å². The van der Waals surface area contributed by atoms with Crippen LogP contribution in [0.15, 0.2) is 22.7 Å². The van der Waals surface area contributed by atoms with Gasteiger partial charge >= 0.3 is 5.97 Å². The summed E-state index contributed by atoms with van der Waals surface area (Å²) in [6.45, 7) is 0. The van der Waals surface area contributed by atoms with Gasteiger partial charge in [-0.2, -0.15) is 0 Å². The van der Waals surface area contributed by atoms with Crippen molar-refractivity contribution in [1.82, 2.24) is 0 Å². The minimum atomic E-state index is -0.719. The summed E-state index contributed by atoms with van der Waals surface area (Å²) < 4.78 is 0.865. The zero-order chi connectivity index (χ0) is 14.7. The maximum absolute atomic E-state index is 11.4. The predicted octanol–water partition coefficient (Wildman–Crippen LogP) is 2.60. The maximum atomic E-state index is 11.4. The molecule has 4 N–H and O–H groups in total. The van der Waals surface area contributed by atoms with Crippen LogP contribution in [-0.2, 0) is 4.79 Å². The Balaban J connectivity index is 2.06. The fourth-order valence-corrected chi connectivity index (χ4v) is 2.92. The van der Waals surface area contributed by atoms with Crippen molar-refractivity contribution >= 4 is 33.5 Å². The summed E-state index contributed by atoms with van der Waals surface area (Å²) >= 11 is 3.37. The van der Waals surface area contributed by atoms with Gasteiger partial charge in [0.25, 0.3) is 5.91 Å². The number of carboxylic acid groups (broad SMARTS) is 1. The number of amides is 1. The summed E-state index contributed by atoms with van der Waals surface area (Å²) in [6.07, 6.45) is 2.88. The van der Waals surface area contributed by atoms with E-state index >= 15 is 0 Å². The monoisotopic (exact) mass is 340 g/mol. The van der Waals surface area contributed by atoms with Crippen molar-refractivity contribution in [2.45, 2.75) is 31.7 Å². The van der Waals surface area contributed by atoms with E-state index in [1.165, 1.54) is 0 Å². The van der Waals surface area contributed by atoms with Gasteiger partial charge in [-0.25, -0.2) is 0 Å². The van der Waals surface area contributed by atoms with Crippen LogP contribution < -0.4 is 11.1 Å². The molecule has 0 aromatic heterocycles. The SMILES string of the molecule is NC(=O)c1ccc(Br)cc1NC1CCC(C(=O)O)CC1. The second kappa shape index (κ2) is 6.26. The Labute approximate surface area is 125 Å². The Morgan fingerprint density at radius 2 is 1.90 bits per heavy atom. The molecule has 20 heavy (non-hydrogen) atoms. The van der Waals surface area contributed by atoms with Gasteiger partial charge < -0.3 is 16.2 Å². The molecular formula is C14H17BrN2O3. The number of carbonyl (C=O) groups is 2. The van der Waals surface area contributed by atoms with Gasteiger partial charge in [-0.15, -0.1) is 0 Å². The highest BCUT2D eigenvalue weighted by molar-refractivity contribution is 9.10. The standard InChI is InChI=1S/C14H17BrN2O3/c15-9-3-6-11(13(16)18)12(7-9)17-10-4-1-8(2-5-10)14(19)20/h3,6-8,10,17H,1-2,4-5H2,(H2,16,18)(H,19,20). The van der Waals surface area contributed by atoms with Gasteiger partial charge in [0.15, 0.2) is 0 Å². The average Bonchev–Trinajstić information content (AvgIpc) is 2.39. The maximum Gasteiger partial charge on any atom is 0.306 e. The zero-order valence-electron chi connectivity index (χ0n) is 10.9. The Morgan fingerprint density at radius 1 is 1.25 bits per heavy atom. The lowest BCUT2D eigenvalue weighted by atomic mass is 9.86. The number of rotatable bonds is 4. The van der Waals surface area contributed by atoms with Crippen LogP contribution in [0.5, 0.6) is 0 Å². The van der Waals surface area contributed by atoms with Crippen LogP contribution in [0.3, 0.4) is 0 Å². The number of primary amides is 1. The van der Waals surface area contributed by atoms with E-state index in [9.17, 15) is 9.59 Å². The van der Waals surface area contributed by atoms with Crippen LogP contribution >= 0.6 is 15.9 Å². The van der Waals surface area contributed by atoms with Crippen LogP contribution in [-0.4, -0.2) is 23.0 Å². The molecule has 2 rings (SSSR count). The highest BCUT2D eigenvalue weighted by Gasteiger charge is 2.26. The number of carboxylic acids is 1. The van der Waals surface area contributed by atoms with Crippen LogP contribution in [0.4, 0.5) is 5.69 Å². The number of nitrogens with one attached hydrogen (secondary N) is 1. The summed E-state index contributed by atoms with van der Waals surface area (Å²) in [7, 11) is 0. The Bertz CT molecular complexity index is 525. The van der Waals surface area contributed by atoms with Crippen molar-refractivity contribution in [1.29, 1.82) is 0 Å². The molecule has 0 atom stereocenters. The van der Waals surface area contributed by atoms with Crippen molar-refractivity contribution < 1.29 is 14.7 Å². The molecule has 1 aliphatic rings. The van der Waals surface area contributed by atoms with E-state index in [2.05, 4.69) is 21.2 Å². The van der Waals surface area contributed by atoms with Gasteiger partial charge in [0.05, 0.1) is 11.5 Å². The number of aliphatic carboxylic acids is 1. The van der Waals surface area contributed by atoms with Crippen LogP contribution in [0, 0.1) is 5.92 Å². The summed E-state index contributed by atoms with van der Waals surface area (Å²) in [5, 5.41) is 12.3. The molecule has 0 radical (unpaired) electrons. The van der Waals surface area contributed by atoms with Crippen molar-refractivity contribution in [2.24, 2.45) is 11.7 Å². The zero-order valence-corrected chi connectivity index (χ0v) is 12.5. The first kappa shape index (κ1) is 14.8. The topological polar surface area (TPSA) is 92.4 Å². The molecule has 1 aromatic rings. The van der Waals surface area contributed by atoms with Crippen molar-refractivity contribution in [3.05, 3.63) is 28.2 Å². The van der Waals surface area contributed by atoms with Gasteiger partial charge in [-0.05, 0) is 43.9 Å². The third kappa shape index (κ3) is 3.50. The molecule has 1 saturated carbocycles. The normalized spacial score (nSPS) is 22.2. The largest absolute Gasteiger partial charge is 0.481 e. The number of hydrogen-bond acceptors (Lipinski definition) is 3. The van der Waals surface area contributed by atoms with E-state index in [0.717, 1.165) is 17.3 Å². The first-order valence-corrected chi connectivity index (χ1v) is 7.35. The second-order valence-corrected chi connectivity index (χ2v) is 6.00. The lowest BCUT2D eigenvalue weighted by Gasteiger charge is -2.28. The van der Waals surface area contributed by atoms with Crippen molar-refractivity contribution in [2.75, 3.05) is 5.32 Å². The summed E-state index contributed by atoms with van der Waals surface area (Å²) in [6, 6.07) is 5.45. The third-order valence-corrected chi connectivity index (χ3v) is 4.18. The highest BCUT2D eigenvalue weighted by Crippen LogP contribution is 2.29. The second-order valence-electron chi connectivity index (χ2n) is 5.09. The number of nitrogens with two attached hydrogens (primary N) is 1. The lowest BCUT2D eigenvalue weighted by molar-refractivity contribution is -0.142. The van der Waals surface area contributed by atoms with E-state index in [1.807, 2.05) is 6.07 Å². The van der Waals surface area contributed by atoms with Crippen LogP contribution in [0.1, 0.15) is 36.0 Å². The molecule has 1 aromatic carbocycles. The molecule has 0 spiro atoms. The van der Waals surface area contributed by atoms with Crippen molar-refractivity contribution in [3.8, 4) is 0 Å². The van der Waals surface area contributed by atoms with E-state index in [-0.39, 0.29) is 12.0 Å². The summed E-state index contributed by atoms with van der Waals surface area (Å²) in [5.41, 5.74) is 6.51. The molecule has 0 unspecified atom stereocenters. The van der Waals surface area contributed by atoms with E-state index in [0.29, 0.717) is 24.1 Å². The lowest BCUT2D eigenvalue weighted by Crippen LogP contribution is -2.30. The first-order chi connectivity index (χ1) is 9.47. The number of halogens is 1.